The Morgan fingerprint density at radius 1 is 1.50 bits per heavy atom. The lowest BCUT2D eigenvalue weighted by molar-refractivity contribution is 0.0929. The van der Waals surface area contributed by atoms with Crippen LogP contribution in [0.4, 0.5) is 8.78 Å². The van der Waals surface area contributed by atoms with Crippen molar-refractivity contribution < 1.29 is 13.6 Å². The number of rotatable bonds is 3. The Bertz CT molecular complexity index is 453. The van der Waals surface area contributed by atoms with Crippen LogP contribution in [0.25, 0.3) is 0 Å². The van der Waals surface area contributed by atoms with E-state index in [0.29, 0.717) is 5.25 Å². The van der Waals surface area contributed by atoms with Crippen LogP contribution in [0.5, 0.6) is 0 Å². The number of carbonyl (C=O) groups excluding carboxylic acids is 1. The molecule has 0 spiro atoms. The van der Waals surface area contributed by atoms with Gasteiger partial charge in [-0.05, 0) is 18.2 Å². The molecule has 2 rings (SSSR count). The molecule has 0 N–H and O–H groups in total. The van der Waals surface area contributed by atoms with Crippen molar-refractivity contribution in [3.05, 3.63) is 35.4 Å². The SMILES string of the molecule is CC1CN(CC(=O)c2cc(F)ccc2F)CCS1. The number of nitrogens with zero attached hydrogens (tertiary/aromatic N) is 1. The highest BCUT2D eigenvalue weighted by Crippen LogP contribution is 2.18. The monoisotopic (exact) mass is 271 g/mol. The first kappa shape index (κ1) is 13.5. The van der Waals surface area contributed by atoms with E-state index < -0.39 is 11.6 Å². The van der Waals surface area contributed by atoms with Gasteiger partial charge in [0.25, 0.3) is 0 Å². The zero-order valence-electron chi connectivity index (χ0n) is 10.2. The molecule has 0 aliphatic carbocycles. The van der Waals surface area contributed by atoms with E-state index >= 15 is 0 Å². The fourth-order valence-electron chi connectivity index (χ4n) is 2.03. The molecule has 1 unspecified atom stereocenters. The third-order valence-corrected chi connectivity index (χ3v) is 4.06. The Morgan fingerprint density at radius 2 is 2.28 bits per heavy atom. The Labute approximate surface area is 109 Å². The Morgan fingerprint density at radius 3 is 3.00 bits per heavy atom. The average Bonchev–Trinajstić information content (AvgIpc) is 2.32. The summed E-state index contributed by atoms with van der Waals surface area (Å²) in [7, 11) is 0. The summed E-state index contributed by atoms with van der Waals surface area (Å²) >= 11 is 1.86. The maximum absolute atomic E-state index is 13.4. The largest absolute Gasteiger partial charge is 0.294 e. The maximum atomic E-state index is 13.4. The van der Waals surface area contributed by atoms with Crippen molar-refractivity contribution in [2.24, 2.45) is 0 Å². The normalized spacial score (nSPS) is 20.9. The molecule has 0 saturated carbocycles. The van der Waals surface area contributed by atoms with Crippen molar-refractivity contribution in [3.63, 3.8) is 0 Å². The van der Waals surface area contributed by atoms with Gasteiger partial charge in [-0.3, -0.25) is 9.69 Å². The smallest absolute Gasteiger partial charge is 0.179 e. The summed E-state index contributed by atoms with van der Waals surface area (Å²) in [5.74, 6) is -0.616. The van der Waals surface area contributed by atoms with Gasteiger partial charge >= 0.3 is 0 Å². The van der Waals surface area contributed by atoms with E-state index in [0.717, 1.165) is 37.0 Å². The minimum absolute atomic E-state index is 0.152. The lowest BCUT2D eigenvalue weighted by atomic mass is 10.1. The number of hydrogen-bond donors (Lipinski definition) is 0. The quantitative estimate of drug-likeness (QED) is 0.788. The van der Waals surface area contributed by atoms with Crippen molar-refractivity contribution in [3.8, 4) is 0 Å². The fourth-order valence-corrected chi connectivity index (χ4v) is 3.12. The van der Waals surface area contributed by atoms with Crippen molar-refractivity contribution in [1.29, 1.82) is 0 Å². The van der Waals surface area contributed by atoms with Gasteiger partial charge in [-0.25, -0.2) is 8.78 Å². The number of benzene rings is 1. The van der Waals surface area contributed by atoms with Crippen LogP contribution in [-0.2, 0) is 0 Å². The van der Waals surface area contributed by atoms with Gasteiger partial charge in [0.2, 0.25) is 0 Å². The summed E-state index contributed by atoms with van der Waals surface area (Å²) in [5.41, 5.74) is -0.152. The topological polar surface area (TPSA) is 20.3 Å². The third-order valence-electron chi connectivity index (χ3n) is 2.92. The Balaban J connectivity index is 2.05. The third kappa shape index (κ3) is 3.29. The molecule has 1 aliphatic heterocycles. The standard InChI is InChI=1S/C13H15F2NOS/c1-9-7-16(4-5-18-9)8-13(17)11-6-10(14)2-3-12(11)15/h2-3,6,9H,4-5,7-8H2,1H3. The van der Waals surface area contributed by atoms with Crippen LogP contribution in [0.2, 0.25) is 0 Å². The highest BCUT2D eigenvalue weighted by molar-refractivity contribution is 7.99. The highest BCUT2D eigenvalue weighted by atomic mass is 32.2. The molecule has 0 bridgehead atoms. The van der Waals surface area contributed by atoms with Crippen LogP contribution in [-0.4, -0.2) is 41.3 Å². The average molecular weight is 271 g/mol. The molecule has 1 aromatic rings. The van der Waals surface area contributed by atoms with Crippen molar-refractivity contribution in [2.45, 2.75) is 12.2 Å². The van der Waals surface area contributed by atoms with Crippen LogP contribution in [0.15, 0.2) is 18.2 Å². The number of Topliss-reactive ketones (excluding diaryl/α,β-unsaturated/α-hetero) is 1. The molecular weight excluding hydrogens is 256 g/mol. The summed E-state index contributed by atoms with van der Waals surface area (Å²) in [6.45, 7) is 3.89. The molecule has 0 radical (unpaired) electrons. The molecule has 1 atom stereocenters. The molecular formula is C13H15F2NOS. The van der Waals surface area contributed by atoms with E-state index in [9.17, 15) is 13.6 Å². The van der Waals surface area contributed by atoms with Gasteiger partial charge in [-0.1, -0.05) is 6.92 Å². The molecule has 0 aromatic heterocycles. The second kappa shape index (κ2) is 5.80. The molecule has 1 heterocycles. The van der Waals surface area contributed by atoms with E-state index in [1.54, 1.807) is 0 Å². The van der Waals surface area contributed by atoms with Crippen molar-refractivity contribution in [1.82, 2.24) is 4.90 Å². The Kier molecular flexibility index (Phi) is 4.35. The van der Waals surface area contributed by atoms with Crippen molar-refractivity contribution in [2.75, 3.05) is 25.4 Å². The van der Waals surface area contributed by atoms with Gasteiger partial charge in [0.05, 0.1) is 12.1 Å². The highest BCUT2D eigenvalue weighted by Gasteiger charge is 2.21. The molecule has 0 amide bonds. The van der Waals surface area contributed by atoms with E-state index in [1.807, 2.05) is 16.7 Å². The fraction of sp³-hybridized carbons (Fsp3) is 0.462. The summed E-state index contributed by atoms with van der Waals surface area (Å²) < 4.78 is 26.5. The predicted molar refractivity (Wildman–Crippen MR) is 69.0 cm³/mol. The molecule has 2 nitrogen and oxygen atoms in total. The zero-order chi connectivity index (χ0) is 13.1. The van der Waals surface area contributed by atoms with Crippen LogP contribution in [0, 0.1) is 11.6 Å². The number of carbonyl (C=O) groups is 1. The molecule has 18 heavy (non-hydrogen) atoms. The van der Waals surface area contributed by atoms with Crippen LogP contribution >= 0.6 is 11.8 Å². The zero-order valence-corrected chi connectivity index (χ0v) is 11.0. The van der Waals surface area contributed by atoms with Crippen LogP contribution in [0.1, 0.15) is 17.3 Å². The Hall–Kier alpha value is -0.940. The first-order valence-electron chi connectivity index (χ1n) is 5.88. The lowest BCUT2D eigenvalue weighted by Gasteiger charge is -2.29. The van der Waals surface area contributed by atoms with E-state index in [2.05, 4.69) is 6.92 Å². The van der Waals surface area contributed by atoms with Gasteiger partial charge in [-0.2, -0.15) is 11.8 Å². The minimum Gasteiger partial charge on any atom is -0.294 e. The molecule has 1 aliphatic rings. The van der Waals surface area contributed by atoms with E-state index in [1.165, 1.54) is 0 Å². The van der Waals surface area contributed by atoms with Crippen LogP contribution in [0.3, 0.4) is 0 Å². The number of halogens is 2. The van der Waals surface area contributed by atoms with Gasteiger partial charge in [0, 0.05) is 24.1 Å². The summed E-state index contributed by atoms with van der Waals surface area (Å²) in [6.07, 6.45) is 0. The molecule has 1 aromatic carbocycles. The van der Waals surface area contributed by atoms with Crippen molar-refractivity contribution >= 4 is 17.5 Å². The minimum atomic E-state index is -0.652. The summed E-state index contributed by atoms with van der Waals surface area (Å²) in [6, 6.07) is 2.99. The predicted octanol–water partition coefficient (Wildman–Crippen LogP) is 2.58. The summed E-state index contributed by atoms with van der Waals surface area (Å²) in [4.78, 5) is 13.9. The first-order chi connectivity index (χ1) is 8.56. The van der Waals surface area contributed by atoms with E-state index in [-0.39, 0.29) is 17.9 Å². The first-order valence-corrected chi connectivity index (χ1v) is 6.93. The van der Waals surface area contributed by atoms with Gasteiger partial charge in [-0.15, -0.1) is 0 Å². The number of thioether (sulfide) groups is 1. The molecule has 1 saturated heterocycles. The van der Waals surface area contributed by atoms with Gasteiger partial charge < -0.3 is 0 Å². The summed E-state index contributed by atoms with van der Waals surface area (Å²) in [5, 5.41) is 0.476. The maximum Gasteiger partial charge on any atom is 0.179 e. The second-order valence-electron chi connectivity index (χ2n) is 4.46. The molecule has 98 valence electrons. The second-order valence-corrected chi connectivity index (χ2v) is 6.01. The lowest BCUT2D eigenvalue weighted by Crippen LogP contribution is -2.40. The molecule has 5 heteroatoms. The van der Waals surface area contributed by atoms with Gasteiger partial charge in [0.15, 0.2) is 5.78 Å². The van der Waals surface area contributed by atoms with Gasteiger partial charge in [0.1, 0.15) is 11.6 Å². The number of ketones is 1. The number of hydrogen-bond acceptors (Lipinski definition) is 3. The van der Waals surface area contributed by atoms with E-state index in [4.69, 9.17) is 0 Å². The van der Waals surface area contributed by atoms with Crippen LogP contribution < -0.4 is 0 Å². The molecule has 1 fully saturated rings.